The minimum absolute atomic E-state index is 0.125. The fraction of sp³-hybridized carbons (Fsp3) is 0.600. The quantitative estimate of drug-likeness (QED) is 0.473. The van der Waals surface area contributed by atoms with E-state index in [0.717, 1.165) is 58.0 Å². The van der Waals surface area contributed by atoms with Crippen LogP contribution in [-0.2, 0) is 19.9 Å². The van der Waals surface area contributed by atoms with Gasteiger partial charge in [-0.25, -0.2) is 9.78 Å². The number of rotatable bonds is 7. The van der Waals surface area contributed by atoms with Gasteiger partial charge in [0.15, 0.2) is 18.5 Å². The summed E-state index contributed by atoms with van der Waals surface area (Å²) in [4.78, 5) is 34.4. The Balaban J connectivity index is 1.29. The molecule has 9 nitrogen and oxygen atoms in total. The number of amides is 1. The van der Waals surface area contributed by atoms with E-state index in [1.807, 2.05) is 0 Å². The molecule has 1 aliphatic carbocycles. The summed E-state index contributed by atoms with van der Waals surface area (Å²) in [7, 11) is 0. The Morgan fingerprint density at radius 2 is 1.97 bits per heavy atom. The lowest BCUT2D eigenvalue weighted by Crippen LogP contribution is -2.66. The summed E-state index contributed by atoms with van der Waals surface area (Å²) in [6, 6.07) is 3.36. The standard InChI is InChI=1S/C25H32N4O5/c30-23(28-22-15-26-10-11-27-22)17-29-12-8-18(9-13-29)20(16-29)34-24(31)25(32,21-7-4-14-33-21)19-5-2-1-3-6-19/h4,7,10-11,14-15,18-20,32H,1-3,5-6,8-9,12-13,16-17H2/p+1/t18?,20-,25?,29?/m0/s1. The molecule has 1 unspecified atom stereocenters. The Bertz CT molecular complexity index is 984. The van der Waals surface area contributed by atoms with Gasteiger partial charge in [0.05, 0.1) is 25.5 Å². The summed E-state index contributed by atoms with van der Waals surface area (Å²) in [6.07, 6.45) is 12.2. The van der Waals surface area contributed by atoms with Crippen molar-refractivity contribution >= 4 is 17.7 Å². The van der Waals surface area contributed by atoms with Gasteiger partial charge in [-0.15, -0.1) is 0 Å². The molecule has 9 heteroatoms. The first-order valence-electron chi connectivity index (χ1n) is 12.4. The second kappa shape index (κ2) is 9.46. The predicted molar refractivity (Wildman–Crippen MR) is 122 cm³/mol. The number of quaternary nitrogens is 1. The van der Waals surface area contributed by atoms with Crippen molar-refractivity contribution in [3.05, 3.63) is 42.7 Å². The van der Waals surface area contributed by atoms with Gasteiger partial charge in [-0.1, -0.05) is 19.3 Å². The number of nitrogens with one attached hydrogen (secondary N) is 1. The maximum Gasteiger partial charge on any atom is 0.346 e. The Hall–Kier alpha value is -2.78. The zero-order valence-electron chi connectivity index (χ0n) is 19.4. The van der Waals surface area contributed by atoms with Crippen LogP contribution in [0.4, 0.5) is 5.82 Å². The SMILES string of the molecule is O=C(C[N+]12CCC(CC1)[C@@H](OC(=O)C(O)(c1ccco1)C1CCCCC1)C2)Nc1cnccn1. The van der Waals surface area contributed by atoms with Crippen LogP contribution in [0.3, 0.4) is 0 Å². The van der Waals surface area contributed by atoms with E-state index in [4.69, 9.17) is 9.15 Å². The molecule has 1 amide bonds. The van der Waals surface area contributed by atoms with Crippen LogP contribution in [-0.4, -0.2) is 63.7 Å². The molecule has 2 aromatic rings. The molecule has 4 aliphatic rings. The van der Waals surface area contributed by atoms with Crippen LogP contribution in [0.25, 0.3) is 0 Å². The zero-order chi connectivity index (χ0) is 23.6. The number of carbonyl (C=O) groups is 2. The Kier molecular flexibility index (Phi) is 6.40. The molecule has 2 bridgehead atoms. The van der Waals surface area contributed by atoms with Gasteiger partial charge in [0, 0.05) is 37.1 Å². The zero-order valence-corrected chi connectivity index (χ0v) is 19.4. The molecule has 2 aromatic heterocycles. The van der Waals surface area contributed by atoms with E-state index in [0.29, 0.717) is 23.4 Å². The number of anilines is 1. The maximum absolute atomic E-state index is 13.5. The van der Waals surface area contributed by atoms with Crippen molar-refractivity contribution in [2.45, 2.75) is 56.7 Å². The number of nitrogens with zero attached hydrogens (tertiary/aromatic N) is 3. The highest BCUT2D eigenvalue weighted by Gasteiger charge is 2.54. The number of carbonyl (C=O) groups excluding carboxylic acids is 2. The number of fused-ring (bicyclic) bond motifs is 3. The normalized spacial score (nSPS) is 28.7. The number of esters is 1. The second-order valence-corrected chi connectivity index (χ2v) is 10.1. The van der Waals surface area contributed by atoms with Gasteiger partial charge in [-0.05, 0) is 25.0 Å². The van der Waals surface area contributed by atoms with Gasteiger partial charge in [0.25, 0.3) is 5.91 Å². The van der Waals surface area contributed by atoms with Crippen LogP contribution in [0, 0.1) is 11.8 Å². The lowest BCUT2D eigenvalue weighted by atomic mass is 9.75. The molecule has 0 aromatic carbocycles. The van der Waals surface area contributed by atoms with Crippen LogP contribution < -0.4 is 5.32 Å². The molecule has 34 heavy (non-hydrogen) atoms. The van der Waals surface area contributed by atoms with Crippen molar-refractivity contribution in [2.75, 3.05) is 31.5 Å². The van der Waals surface area contributed by atoms with E-state index in [1.54, 1.807) is 18.3 Å². The highest BCUT2D eigenvalue weighted by Crippen LogP contribution is 2.42. The third-order valence-corrected chi connectivity index (χ3v) is 8.01. The van der Waals surface area contributed by atoms with Gasteiger partial charge in [0.1, 0.15) is 12.3 Å². The molecule has 0 radical (unpaired) electrons. The smallest absolute Gasteiger partial charge is 0.346 e. The van der Waals surface area contributed by atoms with Crippen LogP contribution in [0.15, 0.2) is 41.4 Å². The minimum atomic E-state index is -1.77. The highest BCUT2D eigenvalue weighted by molar-refractivity contribution is 5.90. The first-order chi connectivity index (χ1) is 16.5. The van der Waals surface area contributed by atoms with E-state index in [2.05, 4.69) is 15.3 Å². The average molecular weight is 470 g/mol. The Morgan fingerprint density at radius 3 is 2.65 bits per heavy atom. The van der Waals surface area contributed by atoms with Crippen molar-refractivity contribution < 1.29 is 28.3 Å². The third-order valence-electron chi connectivity index (χ3n) is 8.01. The van der Waals surface area contributed by atoms with Gasteiger partial charge in [0.2, 0.25) is 5.60 Å². The largest absolute Gasteiger partial charge is 0.466 e. The molecule has 1 saturated carbocycles. The molecule has 182 valence electrons. The lowest BCUT2D eigenvalue weighted by molar-refractivity contribution is -0.939. The van der Waals surface area contributed by atoms with Gasteiger partial charge >= 0.3 is 5.97 Å². The van der Waals surface area contributed by atoms with Crippen molar-refractivity contribution in [3.8, 4) is 0 Å². The number of furan rings is 1. The minimum Gasteiger partial charge on any atom is -0.466 e. The molecule has 2 atom stereocenters. The van der Waals surface area contributed by atoms with E-state index in [-0.39, 0.29) is 29.6 Å². The summed E-state index contributed by atoms with van der Waals surface area (Å²) in [5, 5.41) is 14.5. The van der Waals surface area contributed by atoms with E-state index >= 15 is 0 Å². The summed E-state index contributed by atoms with van der Waals surface area (Å²) in [5.74, 6) is -0.0222. The summed E-state index contributed by atoms with van der Waals surface area (Å²) in [5.41, 5.74) is -1.77. The molecular formula is C25H33N4O5+. The van der Waals surface area contributed by atoms with Gasteiger partial charge < -0.3 is 24.1 Å². The van der Waals surface area contributed by atoms with Crippen LogP contribution in [0.5, 0.6) is 0 Å². The lowest BCUT2D eigenvalue weighted by Gasteiger charge is -2.51. The first kappa shape index (κ1) is 23.0. The molecule has 0 spiro atoms. The van der Waals surface area contributed by atoms with Gasteiger partial charge in [-0.2, -0.15) is 0 Å². The number of aliphatic hydroxyl groups is 1. The predicted octanol–water partition coefficient (Wildman–Crippen LogP) is 2.63. The van der Waals surface area contributed by atoms with Crippen molar-refractivity contribution in [1.82, 2.24) is 9.97 Å². The maximum atomic E-state index is 13.5. The molecular weight excluding hydrogens is 436 g/mol. The molecule has 4 fully saturated rings. The number of aromatic nitrogens is 2. The highest BCUT2D eigenvalue weighted by atomic mass is 16.6. The number of hydrogen-bond acceptors (Lipinski definition) is 7. The third kappa shape index (κ3) is 4.46. The second-order valence-electron chi connectivity index (χ2n) is 10.1. The summed E-state index contributed by atoms with van der Waals surface area (Å²) in [6.45, 7) is 2.61. The molecule has 3 aliphatic heterocycles. The van der Waals surface area contributed by atoms with E-state index in [9.17, 15) is 14.7 Å². The molecule has 3 saturated heterocycles. The monoisotopic (exact) mass is 469 g/mol. The molecule has 6 rings (SSSR count). The number of ether oxygens (including phenoxy) is 1. The van der Waals surface area contributed by atoms with Crippen LogP contribution in [0.2, 0.25) is 0 Å². The topological polar surface area (TPSA) is 115 Å². The number of hydrogen-bond donors (Lipinski definition) is 2. The van der Waals surface area contributed by atoms with E-state index < -0.39 is 11.6 Å². The Labute approximate surface area is 199 Å². The van der Waals surface area contributed by atoms with Crippen molar-refractivity contribution in [2.24, 2.45) is 11.8 Å². The fourth-order valence-corrected chi connectivity index (χ4v) is 6.14. The van der Waals surface area contributed by atoms with Crippen LogP contribution in [0.1, 0.15) is 50.7 Å². The van der Waals surface area contributed by atoms with Crippen molar-refractivity contribution in [1.29, 1.82) is 0 Å². The Morgan fingerprint density at radius 1 is 1.18 bits per heavy atom. The summed E-state index contributed by atoms with van der Waals surface area (Å²) < 4.78 is 12.2. The number of piperidine rings is 3. The summed E-state index contributed by atoms with van der Waals surface area (Å²) >= 11 is 0. The molecule has 2 N–H and O–H groups in total. The first-order valence-corrected chi connectivity index (χ1v) is 12.4. The van der Waals surface area contributed by atoms with E-state index in [1.165, 1.54) is 18.7 Å². The van der Waals surface area contributed by atoms with Gasteiger partial charge in [-0.3, -0.25) is 9.78 Å². The van der Waals surface area contributed by atoms with Crippen LogP contribution >= 0.6 is 0 Å². The fourth-order valence-electron chi connectivity index (χ4n) is 6.14. The van der Waals surface area contributed by atoms with Crippen molar-refractivity contribution in [3.63, 3.8) is 0 Å². The average Bonchev–Trinajstić information content (AvgIpc) is 3.40. The molecule has 5 heterocycles.